The molecule has 0 aliphatic carbocycles. The predicted octanol–water partition coefficient (Wildman–Crippen LogP) is 0.974. The minimum Gasteiger partial charge on any atom is -0.468 e. The smallest absolute Gasteiger partial charge is 0.325 e. The number of hydrogen-bond donors (Lipinski definition) is 0. The van der Waals surface area contributed by atoms with E-state index in [0.717, 1.165) is 0 Å². The number of methoxy groups -OCH3 is 3. The molecule has 0 heterocycles. The van der Waals surface area contributed by atoms with Gasteiger partial charge in [0.25, 0.3) is 0 Å². The van der Waals surface area contributed by atoms with Gasteiger partial charge in [-0.2, -0.15) is 0 Å². The zero-order valence-corrected chi connectivity index (χ0v) is 9.88. The van der Waals surface area contributed by atoms with E-state index in [1.54, 1.807) is 14.0 Å². The van der Waals surface area contributed by atoms with Crippen LogP contribution in [-0.4, -0.2) is 44.3 Å². The van der Waals surface area contributed by atoms with Gasteiger partial charge in [-0.25, -0.2) is 0 Å². The van der Waals surface area contributed by atoms with Gasteiger partial charge < -0.3 is 14.2 Å². The molecule has 0 unspecified atom stereocenters. The van der Waals surface area contributed by atoms with Gasteiger partial charge in [0, 0.05) is 14.2 Å². The second-order valence-electron chi connectivity index (χ2n) is 2.75. The summed E-state index contributed by atoms with van der Waals surface area (Å²) in [5.41, 5.74) is 0. The van der Waals surface area contributed by atoms with Crippen LogP contribution in [0.4, 0.5) is 0 Å². The maximum atomic E-state index is 11.3. The first-order valence-corrected chi connectivity index (χ1v) is 4.59. The van der Waals surface area contributed by atoms with Crippen molar-refractivity contribution in [2.45, 2.75) is 17.4 Å². The molecule has 0 saturated heterocycles. The molecular formula is C8H15BrO4. The van der Waals surface area contributed by atoms with E-state index in [2.05, 4.69) is 20.7 Å². The molecule has 0 aromatic rings. The van der Waals surface area contributed by atoms with Crippen LogP contribution in [0.2, 0.25) is 0 Å². The largest absolute Gasteiger partial charge is 0.468 e. The van der Waals surface area contributed by atoms with Crippen molar-refractivity contribution in [1.82, 2.24) is 0 Å². The van der Waals surface area contributed by atoms with E-state index in [9.17, 15) is 4.79 Å². The van der Waals surface area contributed by atoms with Gasteiger partial charge in [0.2, 0.25) is 0 Å². The van der Waals surface area contributed by atoms with E-state index in [1.807, 2.05) is 0 Å². The van der Waals surface area contributed by atoms with Crippen LogP contribution in [-0.2, 0) is 19.0 Å². The Balaban J connectivity index is 4.45. The van der Waals surface area contributed by atoms with Crippen LogP contribution in [0, 0.1) is 0 Å². The van der Waals surface area contributed by atoms with E-state index < -0.39 is 4.32 Å². The Hall–Kier alpha value is -0.130. The first kappa shape index (κ1) is 12.9. The van der Waals surface area contributed by atoms with Crippen LogP contribution in [0.3, 0.4) is 0 Å². The van der Waals surface area contributed by atoms with Gasteiger partial charge in [0.05, 0.1) is 13.7 Å². The third kappa shape index (κ3) is 3.25. The molecule has 0 bridgehead atoms. The summed E-state index contributed by atoms with van der Waals surface area (Å²) < 4.78 is 13.8. The topological polar surface area (TPSA) is 44.8 Å². The number of alkyl halides is 1. The highest BCUT2D eigenvalue weighted by molar-refractivity contribution is 9.10. The molecule has 0 aliphatic heterocycles. The lowest BCUT2D eigenvalue weighted by Crippen LogP contribution is -2.45. The summed E-state index contributed by atoms with van der Waals surface area (Å²) in [6.07, 6.45) is -0.370. The third-order valence-electron chi connectivity index (χ3n) is 1.79. The van der Waals surface area contributed by atoms with Gasteiger partial charge in [0.1, 0.15) is 10.4 Å². The van der Waals surface area contributed by atoms with Crippen LogP contribution in [0.15, 0.2) is 0 Å². The van der Waals surface area contributed by atoms with E-state index in [0.29, 0.717) is 6.61 Å². The highest BCUT2D eigenvalue weighted by atomic mass is 79.9. The van der Waals surface area contributed by atoms with Crippen molar-refractivity contribution in [3.8, 4) is 0 Å². The molecule has 0 rings (SSSR count). The second kappa shape index (κ2) is 5.57. The minimum absolute atomic E-state index is 0.327. The Bertz CT molecular complexity index is 170. The highest BCUT2D eigenvalue weighted by Crippen LogP contribution is 2.25. The number of esters is 1. The first-order valence-electron chi connectivity index (χ1n) is 3.79. The van der Waals surface area contributed by atoms with Gasteiger partial charge in [-0.15, -0.1) is 0 Å². The molecule has 0 aliphatic rings. The van der Waals surface area contributed by atoms with Crippen LogP contribution >= 0.6 is 15.9 Å². The minimum atomic E-state index is -0.869. The van der Waals surface area contributed by atoms with Crippen molar-refractivity contribution in [1.29, 1.82) is 0 Å². The maximum absolute atomic E-state index is 11.3. The summed E-state index contributed by atoms with van der Waals surface area (Å²) in [7, 11) is 4.40. The second-order valence-corrected chi connectivity index (χ2v) is 4.39. The van der Waals surface area contributed by atoms with E-state index in [1.165, 1.54) is 14.2 Å². The summed E-state index contributed by atoms with van der Waals surface area (Å²) >= 11 is 3.26. The summed E-state index contributed by atoms with van der Waals surface area (Å²) in [6.45, 7) is 2.01. The quantitative estimate of drug-likeness (QED) is 0.542. The van der Waals surface area contributed by atoms with Gasteiger partial charge in [0.15, 0.2) is 0 Å². The van der Waals surface area contributed by atoms with Gasteiger partial charge >= 0.3 is 5.97 Å². The molecular weight excluding hydrogens is 240 g/mol. The molecule has 0 saturated carbocycles. The molecule has 0 radical (unpaired) electrons. The molecule has 0 amide bonds. The normalized spacial score (nSPS) is 17.6. The molecule has 0 aromatic carbocycles. The van der Waals surface area contributed by atoms with Crippen molar-refractivity contribution in [2.24, 2.45) is 0 Å². The number of hydrogen-bond acceptors (Lipinski definition) is 4. The van der Waals surface area contributed by atoms with Crippen molar-refractivity contribution >= 4 is 21.9 Å². The fraction of sp³-hybridized carbons (Fsp3) is 0.875. The third-order valence-corrected chi connectivity index (χ3v) is 2.63. The lowest BCUT2D eigenvalue weighted by atomic mass is 10.1. The molecule has 78 valence electrons. The molecule has 5 heteroatoms. The molecule has 0 N–H and O–H groups in total. The van der Waals surface area contributed by atoms with Crippen molar-refractivity contribution < 1.29 is 19.0 Å². The lowest BCUT2D eigenvalue weighted by molar-refractivity contribution is -0.147. The van der Waals surface area contributed by atoms with Crippen LogP contribution in [0.25, 0.3) is 0 Å². The maximum Gasteiger partial charge on any atom is 0.325 e. The van der Waals surface area contributed by atoms with Gasteiger partial charge in [-0.1, -0.05) is 15.9 Å². The van der Waals surface area contributed by atoms with Crippen molar-refractivity contribution in [3.05, 3.63) is 0 Å². The number of rotatable bonds is 5. The first-order chi connectivity index (χ1) is 6.00. The predicted molar refractivity (Wildman–Crippen MR) is 52.0 cm³/mol. The molecule has 0 aromatic heterocycles. The lowest BCUT2D eigenvalue weighted by Gasteiger charge is -2.27. The number of halogens is 1. The van der Waals surface area contributed by atoms with Gasteiger partial charge in [-0.3, -0.25) is 4.79 Å². The van der Waals surface area contributed by atoms with Gasteiger partial charge in [-0.05, 0) is 6.92 Å². The Labute approximate surface area is 86.7 Å². The average molecular weight is 255 g/mol. The molecule has 2 atom stereocenters. The fourth-order valence-corrected chi connectivity index (χ4v) is 1.41. The highest BCUT2D eigenvalue weighted by Gasteiger charge is 2.40. The Morgan fingerprint density at radius 2 is 2.00 bits per heavy atom. The van der Waals surface area contributed by atoms with Crippen molar-refractivity contribution in [3.63, 3.8) is 0 Å². The summed E-state index contributed by atoms with van der Waals surface area (Å²) in [5.74, 6) is -0.378. The van der Waals surface area contributed by atoms with E-state index in [-0.39, 0.29) is 12.1 Å². The van der Waals surface area contributed by atoms with E-state index >= 15 is 0 Å². The summed E-state index contributed by atoms with van der Waals surface area (Å²) in [4.78, 5) is 11.3. The molecule has 0 spiro atoms. The number of ether oxygens (including phenoxy) is 3. The van der Waals surface area contributed by atoms with Crippen LogP contribution in [0.1, 0.15) is 6.92 Å². The summed E-state index contributed by atoms with van der Waals surface area (Å²) in [6, 6.07) is 0. The Kier molecular flexibility index (Phi) is 5.51. The number of carbonyl (C=O) groups excluding carboxylic acids is 1. The Morgan fingerprint density at radius 3 is 2.31 bits per heavy atom. The molecule has 4 nitrogen and oxygen atoms in total. The van der Waals surface area contributed by atoms with E-state index in [4.69, 9.17) is 9.47 Å². The molecule has 0 fully saturated rings. The monoisotopic (exact) mass is 254 g/mol. The standard InChI is InChI=1S/C8H15BrO4/c1-8(9,7(10)13-4)6(12-3)5-11-2/h6H,5H2,1-4H3/t6-,8-/m1/s1. The number of carbonyl (C=O) groups is 1. The SMILES string of the molecule is COC[C@@H](OC)[C@@](C)(Br)C(=O)OC. The summed E-state index contributed by atoms with van der Waals surface area (Å²) in [5, 5.41) is 0. The Morgan fingerprint density at radius 1 is 1.46 bits per heavy atom. The molecule has 13 heavy (non-hydrogen) atoms. The average Bonchev–Trinajstić information content (AvgIpc) is 2.12. The van der Waals surface area contributed by atoms with Crippen LogP contribution < -0.4 is 0 Å². The van der Waals surface area contributed by atoms with Crippen molar-refractivity contribution in [2.75, 3.05) is 27.9 Å². The fourth-order valence-electron chi connectivity index (χ4n) is 0.928. The zero-order chi connectivity index (χ0) is 10.5. The zero-order valence-electron chi connectivity index (χ0n) is 8.30. The van der Waals surface area contributed by atoms with Crippen LogP contribution in [0.5, 0.6) is 0 Å².